The molecule has 2 heterocycles. The molecule has 23 heavy (non-hydrogen) atoms. The van der Waals surface area contributed by atoms with Gasteiger partial charge in [-0.15, -0.1) is 6.58 Å². The largest absolute Gasteiger partial charge is 0.357 e. The fraction of sp³-hybridized carbons (Fsp3) is 0.118. The van der Waals surface area contributed by atoms with E-state index in [2.05, 4.69) is 27.9 Å². The van der Waals surface area contributed by atoms with Gasteiger partial charge in [-0.05, 0) is 29.9 Å². The molecule has 116 valence electrons. The van der Waals surface area contributed by atoms with Gasteiger partial charge in [0.15, 0.2) is 10.9 Å². The van der Waals surface area contributed by atoms with Gasteiger partial charge in [-0.25, -0.2) is 9.98 Å². The molecule has 1 N–H and O–H groups in total. The molecule has 1 aromatic rings. The molecule has 0 atom stereocenters. The van der Waals surface area contributed by atoms with E-state index in [9.17, 15) is 0 Å². The van der Waals surface area contributed by atoms with Gasteiger partial charge in [0.05, 0.1) is 5.03 Å². The number of benzene rings is 1. The molecule has 1 aromatic carbocycles. The highest BCUT2D eigenvalue weighted by molar-refractivity contribution is 7.80. The number of fused-ring (bicyclic) bond motifs is 2. The van der Waals surface area contributed by atoms with Crippen LogP contribution in [0.5, 0.6) is 0 Å². The average molecular weight is 343 g/mol. The number of halogens is 1. The SMILES string of the molecule is C=CCNC(=S)/N=C1/N=C2C=CC(Cl)=CN2Cc2ccccc21. The fourth-order valence-electron chi connectivity index (χ4n) is 2.35. The highest BCUT2D eigenvalue weighted by Crippen LogP contribution is 2.23. The van der Waals surface area contributed by atoms with Crippen molar-refractivity contribution >= 4 is 40.6 Å². The minimum absolute atomic E-state index is 0.390. The lowest BCUT2D eigenvalue weighted by atomic mass is 10.1. The lowest BCUT2D eigenvalue weighted by Crippen LogP contribution is -2.25. The van der Waals surface area contributed by atoms with Crippen LogP contribution in [0.1, 0.15) is 11.1 Å². The molecular formula is C17H15ClN4S. The summed E-state index contributed by atoms with van der Waals surface area (Å²) < 4.78 is 0. The van der Waals surface area contributed by atoms with Crippen LogP contribution < -0.4 is 5.32 Å². The van der Waals surface area contributed by atoms with Crippen LogP contribution in [0.2, 0.25) is 0 Å². The first-order valence-corrected chi connectivity index (χ1v) is 7.92. The van der Waals surface area contributed by atoms with Gasteiger partial charge in [-0.1, -0.05) is 41.9 Å². The summed E-state index contributed by atoms with van der Waals surface area (Å²) in [6.07, 6.45) is 7.30. The van der Waals surface area contributed by atoms with Gasteiger partial charge in [0, 0.05) is 24.9 Å². The van der Waals surface area contributed by atoms with E-state index in [0.717, 1.165) is 17.0 Å². The lowest BCUT2D eigenvalue weighted by molar-refractivity contribution is 0.554. The second-order valence-corrected chi connectivity index (χ2v) is 5.84. The number of nitrogens with one attached hydrogen (secondary N) is 1. The zero-order chi connectivity index (χ0) is 16.2. The van der Waals surface area contributed by atoms with E-state index in [1.54, 1.807) is 6.08 Å². The summed E-state index contributed by atoms with van der Waals surface area (Å²) in [5.74, 6) is 1.38. The first-order valence-electron chi connectivity index (χ1n) is 7.14. The normalized spacial score (nSPS) is 17.6. The van der Waals surface area contributed by atoms with Crippen molar-refractivity contribution in [2.24, 2.45) is 9.98 Å². The standard InChI is InChI=1S/C17H15ClN4S/c1-2-9-19-17(23)21-16-14-6-4-3-5-12(14)10-22-11-13(18)7-8-15(22)20-16/h2-8,11H,1,9-10H2,(H,19,23)/b21-16+. The molecule has 3 rings (SSSR count). The van der Waals surface area contributed by atoms with E-state index in [-0.39, 0.29) is 0 Å². The van der Waals surface area contributed by atoms with Gasteiger partial charge in [-0.3, -0.25) is 0 Å². The minimum Gasteiger partial charge on any atom is -0.357 e. The van der Waals surface area contributed by atoms with Crippen molar-refractivity contribution in [3.8, 4) is 0 Å². The van der Waals surface area contributed by atoms with Crippen molar-refractivity contribution < 1.29 is 0 Å². The predicted molar refractivity (Wildman–Crippen MR) is 99.8 cm³/mol. The number of amidine groups is 2. The summed E-state index contributed by atoms with van der Waals surface area (Å²) >= 11 is 11.4. The van der Waals surface area contributed by atoms with Crippen LogP contribution in [0, 0.1) is 0 Å². The van der Waals surface area contributed by atoms with Crippen LogP contribution in [-0.4, -0.2) is 28.2 Å². The highest BCUT2D eigenvalue weighted by atomic mass is 35.5. The average Bonchev–Trinajstić information content (AvgIpc) is 2.69. The molecule has 0 saturated heterocycles. The van der Waals surface area contributed by atoms with Crippen LogP contribution in [0.3, 0.4) is 0 Å². The molecule has 4 nitrogen and oxygen atoms in total. The van der Waals surface area contributed by atoms with Crippen molar-refractivity contribution in [3.63, 3.8) is 0 Å². The third-order valence-electron chi connectivity index (χ3n) is 3.39. The van der Waals surface area contributed by atoms with E-state index in [0.29, 0.717) is 29.1 Å². The number of hydrogen-bond acceptors (Lipinski definition) is 2. The van der Waals surface area contributed by atoms with Crippen LogP contribution in [0.25, 0.3) is 0 Å². The monoisotopic (exact) mass is 342 g/mol. The molecule has 2 aliphatic rings. The van der Waals surface area contributed by atoms with Gasteiger partial charge in [0.1, 0.15) is 5.84 Å². The summed E-state index contributed by atoms with van der Waals surface area (Å²) in [7, 11) is 0. The Bertz CT molecular complexity index is 777. The minimum atomic E-state index is 0.390. The van der Waals surface area contributed by atoms with Gasteiger partial charge in [0.2, 0.25) is 0 Å². The molecule has 0 aliphatic carbocycles. The third-order valence-corrected chi connectivity index (χ3v) is 3.85. The molecular weight excluding hydrogens is 328 g/mol. The molecule has 0 aromatic heterocycles. The summed E-state index contributed by atoms with van der Waals surface area (Å²) in [5.41, 5.74) is 2.09. The highest BCUT2D eigenvalue weighted by Gasteiger charge is 2.21. The van der Waals surface area contributed by atoms with Crippen molar-refractivity contribution in [2.45, 2.75) is 6.54 Å². The number of aliphatic imine (C=N–C) groups is 2. The maximum absolute atomic E-state index is 6.10. The van der Waals surface area contributed by atoms with Gasteiger partial charge < -0.3 is 10.2 Å². The smallest absolute Gasteiger partial charge is 0.195 e. The second kappa shape index (κ2) is 6.89. The Labute approximate surface area is 145 Å². The Hall–Kier alpha value is -2.24. The van der Waals surface area contributed by atoms with Crippen LogP contribution in [-0.2, 0) is 6.54 Å². The summed E-state index contributed by atoms with van der Waals surface area (Å²) in [6.45, 7) is 4.91. The molecule has 0 amide bonds. The van der Waals surface area contributed by atoms with Crippen molar-refractivity contribution in [1.29, 1.82) is 0 Å². The zero-order valence-electron chi connectivity index (χ0n) is 12.4. The van der Waals surface area contributed by atoms with Crippen LogP contribution >= 0.6 is 23.8 Å². The molecule has 0 spiro atoms. The van der Waals surface area contributed by atoms with E-state index < -0.39 is 0 Å². The van der Waals surface area contributed by atoms with Crippen LogP contribution in [0.15, 0.2) is 70.3 Å². The number of thiocarbonyl (C=S) groups is 1. The van der Waals surface area contributed by atoms with Gasteiger partial charge in [0.25, 0.3) is 0 Å². The second-order valence-electron chi connectivity index (χ2n) is 5.01. The Kier molecular flexibility index (Phi) is 4.69. The Morgan fingerprint density at radius 1 is 1.43 bits per heavy atom. The van der Waals surface area contributed by atoms with E-state index in [1.807, 2.05) is 41.5 Å². The maximum atomic E-state index is 6.10. The summed E-state index contributed by atoms with van der Waals surface area (Å²) in [5, 5.41) is 4.06. The first-order chi connectivity index (χ1) is 11.2. The molecule has 0 unspecified atom stereocenters. The van der Waals surface area contributed by atoms with Crippen molar-refractivity contribution in [3.05, 3.63) is 71.4 Å². The molecule has 0 fully saturated rings. The maximum Gasteiger partial charge on any atom is 0.195 e. The topological polar surface area (TPSA) is 40.0 Å². The summed E-state index contributed by atoms with van der Waals surface area (Å²) in [4.78, 5) is 11.1. The zero-order valence-corrected chi connectivity index (χ0v) is 13.9. The quantitative estimate of drug-likeness (QED) is 0.661. The molecule has 2 aliphatic heterocycles. The lowest BCUT2D eigenvalue weighted by Gasteiger charge is -2.21. The Balaban J connectivity index is 2.04. The van der Waals surface area contributed by atoms with E-state index >= 15 is 0 Å². The number of nitrogens with zero attached hydrogens (tertiary/aromatic N) is 3. The Morgan fingerprint density at radius 2 is 2.26 bits per heavy atom. The molecule has 6 heteroatoms. The predicted octanol–water partition coefficient (Wildman–Crippen LogP) is 3.36. The Morgan fingerprint density at radius 3 is 3.09 bits per heavy atom. The number of rotatable bonds is 2. The molecule has 0 radical (unpaired) electrons. The number of allylic oxidation sites excluding steroid dienone is 2. The van der Waals surface area contributed by atoms with E-state index in [1.165, 1.54) is 0 Å². The molecule has 0 saturated carbocycles. The van der Waals surface area contributed by atoms with Crippen molar-refractivity contribution in [1.82, 2.24) is 10.2 Å². The van der Waals surface area contributed by atoms with Crippen LogP contribution in [0.4, 0.5) is 0 Å². The van der Waals surface area contributed by atoms with Gasteiger partial charge in [-0.2, -0.15) is 0 Å². The first kappa shape index (κ1) is 15.6. The third kappa shape index (κ3) is 3.57. The fourth-order valence-corrected chi connectivity index (χ4v) is 2.70. The summed E-state index contributed by atoms with van der Waals surface area (Å²) in [6, 6.07) is 8.03. The van der Waals surface area contributed by atoms with Crippen molar-refractivity contribution in [2.75, 3.05) is 6.54 Å². The van der Waals surface area contributed by atoms with Gasteiger partial charge >= 0.3 is 0 Å². The number of hydrogen-bond donors (Lipinski definition) is 1. The molecule has 0 bridgehead atoms. The van der Waals surface area contributed by atoms with E-state index in [4.69, 9.17) is 23.8 Å².